The number of aromatic nitrogens is 3. The number of nitrogens with zero attached hydrogens (tertiary/aromatic N) is 2. The van der Waals surface area contributed by atoms with Gasteiger partial charge in [0.05, 0.1) is 4.90 Å². The van der Waals surface area contributed by atoms with E-state index >= 15 is 0 Å². The quantitative estimate of drug-likeness (QED) is 0.444. The fourth-order valence-corrected chi connectivity index (χ4v) is 3.99. The van der Waals surface area contributed by atoms with E-state index < -0.39 is 15.9 Å². The molecule has 1 amide bonds. The van der Waals surface area contributed by atoms with Gasteiger partial charge in [0, 0.05) is 22.4 Å². The second kappa shape index (κ2) is 8.13. The summed E-state index contributed by atoms with van der Waals surface area (Å²) in [5, 5.41) is 15.1. The van der Waals surface area contributed by atoms with E-state index in [0.717, 1.165) is 11.1 Å². The van der Waals surface area contributed by atoms with Gasteiger partial charge in [-0.05, 0) is 48.9 Å². The van der Waals surface area contributed by atoms with Gasteiger partial charge in [-0.2, -0.15) is 5.10 Å². The zero-order valence-electron chi connectivity index (χ0n) is 16.5. The van der Waals surface area contributed by atoms with Crippen LogP contribution in [0.5, 0.6) is 0 Å². The molecule has 0 saturated carbocycles. The number of nitrogens with two attached hydrogens (primary N) is 1. The van der Waals surface area contributed by atoms with Crippen LogP contribution in [-0.2, 0) is 10.0 Å². The predicted octanol–water partition coefficient (Wildman–Crippen LogP) is 3.35. The first-order valence-electron chi connectivity index (χ1n) is 9.35. The Labute approximate surface area is 179 Å². The predicted molar refractivity (Wildman–Crippen MR) is 118 cm³/mol. The molecule has 0 atom stereocenters. The maximum absolute atomic E-state index is 12.7. The molecule has 4 aromatic rings. The number of primary sulfonamides is 1. The topological polar surface area (TPSA) is 131 Å². The standard InChI is InChI=1S/C22H19N5O3S/c1-14-18(8-5-9-19(14)31(23,29)30)22(28)24-17-12-10-16(11-13-17)21-25-20(26-27-21)15-6-3-2-4-7-15/h2-13H,1H3,(H,24,28)(H2,23,29,30)(H,25,26,27). The van der Waals surface area contributed by atoms with Crippen molar-refractivity contribution >= 4 is 21.6 Å². The van der Waals surface area contributed by atoms with Crippen LogP contribution < -0.4 is 10.5 Å². The van der Waals surface area contributed by atoms with E-state index in [1.807, 2.05) is 30.3 Å². The molecule has 0 saturated heterocycles. The highest BCUT2D eigenvalue weighted by molar-refractivity contribution is 7.89. The number of H-pyrrole nitrogens is 1. The van der Waals surface area contributed by atoms with E-state index in [1.54, 1.807) is 37.3 Å². The average Bonchev–Trinajstić information content (AvgIpc) is 3.24. The third kappa shape index (κ3) is 4.37. The zero-order chi connectivity index (χ0) is 22.0. The number of aromatic amines is 1. The Morgan fingerprint density at radius 2 is 1.65 bits per heavy atom. The van der Waals surface area contributed by atoms with Gasteiger partial charge in [0.1, 0.15) is 0 Å². The molecule has 0 aliphatic heterocycles. The van der Waals surface area contributed by atoms with Gasteiger partial charge in [0.15, 0.2) is 11.6 Å². The number of rotatable bonds is 5. The fraction of sp³-hybridized carbons (Fsp3) is 0.0455. The molecule has 1 aromatic heterocycles. The van der Waals surface area contributed by atoms with Gasteiger partial charge in [-0.15, -0.1) is 0 Å². The van der Waals surface area contributed by atoms with Crippen molar-refractivity contribution in [3.05, 3.63) is 83.9 Å². The molecule has 9 heteroatoms. The smallest absolute Gasteiger partial charge is 0.255 e. The number of carbonyl (C=O) groups is 1. The molecular weight excluding hydrogens is 414 g/mol. The number of benzene rings is 3. The Bertz CT molecular complexity index is 1350. The fourth-order valence-electron chi connectivity index (χ4n) is 3.19. The van der Waals surface area contributed by atoms with Crippen molar-refractivity contribution in [2.45, 2.75) is 11.8 Å². The van der Waals surface area contributed by atoms with Crippen LogP contribution in [0, 0.1) is 6.92 Å². The summed E-state index contributed by atoms with van der Waals surface area (Å²) in [6, 6.07) is 21.1. The number of nitrogens with one attached hydrogen (secondary N) is 2. The molecule has 3 aromatic carbocycles. The van der Waals surface area contributed by atoms with Crippen molar-refractivity contribution in [2.75, 3.05) is 5.32 Å². The maximum Gasteiger partial charge on any atom is 0.255 e. The molecule has 156 valence electrons. The average molecular weight is 433 g/mol. The molecule has 0 unspecified atom stereocenters. The molecule has 31 heavy (non-hydrogen) atoms. The van der Waals surface area contributed by atoms with Crippen LogP contribution in [0.3, 0.4) is 0 Å². The first-order chi connectivity index (χ1) is 14.8. The number of anilines is 1. The Kier molecular flexibility index (Phi) is 5.37. The van der Waals surface area contributed by atoms with E-state index in [4.69, 9.17) is 5.14 Å². The Morgan fingerprint density at radius 1 is 0.935 bits per heavy atom. The Hall–Kier alpha value is -3.82. The van der Waals surface area contributed by atoms with Gasteiger partial charge in [-0.1, -0.05) is 36.4 Å². The third-order valence-electron chi connectivity index (χ3n) is 4.77. The van der Waals surface area contributed by atoms with E-state index in [0.29, 0.717) is 22.9 Å². The van der Waals surface area contributed by atoms with Crippen molar-refractivity contribution in [2.24, 2.45) is 5.14 Å². The normalized spacial score (nSPS) is 11.3. The lowest BCUT2D eigenvalue weighted by Gasteiger charge is -2.10. The monoisotopic (exact) mass is 433 g/mol. The molecule has 4 N–H and O–H groups in total. The van der Waals surface area contributed by atoms with E-state index in [2.05, 4.69) is 20.5 Å². The summed E-state index contributed by atoms with van der Waals surface area (Å²) >= 11 is 0. The molecule has 8 nitrogen and oxygen atoms in total. The van der Waals surface area contributed by atoms with Crippen molar-refractivity contribution in [1.82, 2.24) is 15.2 Å². The van der Waals surface area contributed by atoms with Crippen LogP contribution in [0.2, 0.25) is 0 Å². The van der Waals surface area contributed by atoms with E-state index in [-0.39, 0.29) is 10.5 Å². The lowest BCUT2D eigenvalue weighted by atomic mass is 10.1. The molecule has 0 bridgehead atoms. The van der Waals surface area contributed by atoms with Crippen LogP contribution in [0.4, 0.5) is 5.69 Å². The molecule has 0 aliphatic rings. The number of carbonyl (C=O) groups excluding carboxylic acids is 1. The summed E-state index contributed by atoms with van der Waals surface area (Å²) in [6.45, 7) is 1.55. The third-order valence-corrected chi connectivity index (χ3v) is 5.82. The molecular formula is C22H19N5O3S. The summed E-state index contributed by atoms with van der Waals surface area (Å²) in [6.07, 6.45) is 0. The van der Waals surface area contributed by atoms with Crippen LogP contribution in [0.15, 0.2) is 77.7 Å². The first-order valence-corrected chi connectivity index (χ1v) is 10.9. The number of amides is 1. The summed E-state index contributed by atoms with van der Waals surface area (Å²) in [4.78, 5) is 17.1. The van der Waals surface area contributed by atoms with E-state index in [9.17, 15) is 13.2 Å². The molecule has 4 rings (SSSR count). The molecule has 0 fully saturated rings. The lowest BCUT2D eigenvalue weighted by molar-refractivity contribution is 0.102. The van der Waals surface area contributed by atoms with Crippen molar-refractivity contribution < 1.29 is 13.2 Å². The summed E-state index contributed by atoms with van der Waals surface area (Å²) in [5.41, 5.74) is 2.80. The second-order valence-electron chi connectivity index (χ2n) is 6.88. The summed E-state index contributed by atoms with van der Waals surface area (Å²) < 4.78 is 23.4. The Morgan fingerprint density at radius 3 is 2.32 bits per heavy atom. The van der Waals surface area contributed by atoms with Crippen molar-refractivity contribution in [3.63, 3.8) is 0 Å². The molecule has 1 heterocycles. The van der Waals surface area contributed by atoms with Gasteiger partial charge in [-0.25, -0.2) is 18.5 Å². The SMILES string of the molecule is Cc1c(C(=O)Nc2ccc(-c3nc(-c4ccccc4)n[nH]3)cc2)cccc1S(N)(=O)=O. The number of hydrogen-bond donors (Lipinski definition) is 3. The van der Waals surface area contributed by atoms with Crippen LogP contribution >= 0.6 is 0 Å². The van der Waals surface area contributed by atoms with Gasteiger partial charge in [-0.3, -0.25) is 9.89 Å². The van der Waals surface area contributed by atoms with E-state index in [1.165, 1.54) is 12.1 Å². The van der Waals surface area contributed by atoms with Gasteiger partial charge in [0.2, 0.25) is 10.0 Å². The minimum absolute atomic E-state index is 0.0740. The Balaban J connectivity index is 1.52. The van der Waals surface area contributed by atoms with Crippen LogP contribution in [-0.4, -0.2) is 29.5 Å². The molecule has 0 aliphatic carbocycles. The van der Waals surface area contributed by atoms with Crippen LogP contribution in [0.1, 0.15) is 15.9 Å². The van der Waals surface area contributed by atoms with Crippen molar-refractivity contribution in [1.29, 1.82) is 0 Å². The largest absolute Gasteiger partial charge is 0.322 e. The zero-order valence-corrected chi connectivity index (χ0v) is 17.3. The minimum atomic E-state index is -3.91. The summed E-state index contributed by atoms with van der Waals surface area (Å²) in [7, 11) is -3.91. The molecule has 0 spiro atoms. The maximum atomic E-state index is 12.7. The number of hydrogen-bond acceptors (Lipinski definition) is 5. The molecule has 0 radical (unpaired) electrons. The number of sulfonamides is 1. The first kappa shape index (κ1) is 20.5. The van der Waals surface area contributed by atoms with Gasteiger partial charge in [0.25, 0.3) is 5.91 Å². The highest BCUT2D eigenvalue weighted by Crippen LogP contribution is 2.23. The highest BCUT2D eigenvalue weighted by Gasteiger charge is 2.18. The lowest BCUT2D eigenvalue weighted by Crippen LogP contribution is -2.18. The summed E-state index contributed by atoms with van der Waals surface area (Å²) in [5.74, 6) is 0.772. The highest BCUT2D eigenvalue weighted by atomic mass is 32.2. The van der Waals surface area contributed by atoms with Crippen molar-refractivity contribution in [3.8, 4) is 22.8 Å². The van der Waals surface area contributed by atoms with Gasteiger partial charge >= 0.3 is 0 Å². The second-order valence-corrected chi connectivity index (χ2v) is 8.41. The van der Waals surface area contributed by atoms with Crippen LogP contribution in [0.25, 0.3) is 22.8 Å². The minimum Gasteiger partial charge on any atom is -0.322 e. The van der Waals surface area contributed by atoms with Gasteiger partial charge < -0.3 is 5.32 Å².